The fraction of sp³-hybridized carbons (Fsp3) is 0.300. The molecule has 0 spiro atoms. The third-order valence-corrected chi connectivity index (χ3v) is 6.10. The Labute approximate surface area is 161 Å². The second kappa shape index (κ2) is 8.10. The highest BCUT2D eigenvalue weighted by Crippen LogP contribution is 2.39. The summed E-state index contributed by atoms with van der Waals surface area (Å²) in [5.41, 5.74) is 3.94. The fourth-order valence-corrected chi connectivity index (χ4v) is 4.38. The molecule has 4 nitrogen and oxygen atoms in total. The topological polar surface area (TPSA) is 46.9 Å². The van der Waals surface area contributed by atoms with Crippen LogP contribution in [0.15, 0.2) is 53.2 Å². The number of para-hydroxylation sites is 1. The van der Waals surface area contributed by atoms with Gasteiger partial charge in [-0.1, -0.05) is 18.2 Å². The van der Waals surface area contributed by atoms with Crippen LogP contribution in [0.5, 0.6) is 0 Å². The van der Waals surface area contributed by atoms with E-state index < -0.39 is 0 Å². The van der Waals surface area contributed by atoms with E-state index in [1.54, 1.807) is 16.0 Å². The molecule has 2 heterocycles. The first kappa shape index (κ1) is 17.4. The standard InChI is InChI=1S/C20H21N3OS2/c24-20(21-9-11-26-14-15-8-10-25-13-15)19-12-18(16-6-7-16)22-23(19)17-4-2-1-3-5-17/h1-5,8,10,12-13,16H,6-7,9,11,14H2,(H,21,24). The van der Waals surface area contributed by atoms with Crippen LogP contribution in [0.2, 0.25) is 0 Å². The summed E-state index contributed by atoms with van der Waals surface area (Å²) >= 11 is 3.56. The van der Waals surface area contributed by atoms with E-state index in [0.29, 0.717) is 18.2 Å². The van der Waals surface area contributed by atoms with Gasteiger partial charge in [-0.2, -0.15) is 28.2 Å². The lowest BCUT2D eigenvalue weighted by Crippen LogP contribution is -2.27. The van der Waals surface area contributed by atoms with E-state index in [1.807, 2.05) is 48.2 Å². The molecule has 1 fully saturated rings. The maximum absolute atomic E-state index is 12.7. The number of aromatic nitrogens is 2. The zero-order valence-electron chi connectivity index (χ0n) is 14.4. The Morgan fingerprint density at radius 2 is 2.12 bits per heavy atom. The molecule has 134 valence electrons. The van der Waals surface area contributed by atoms with Gasteiger partial charge >= 0.3 is 0 Å². The summed E-state index contributed by atoms with van der Waals surface area (Å²) in [6.07, 6.45) is 2.35. The highest BCUT2D eigenvalue weighted by molar-refractivity contribution is 7.98. The van der Waals surface area contributed by atoms with Gasteiger partial charge in [0.05, 0.1) is 11.4 Å². The lowest BCUT2D eigenvalue weighted by atomic mass is 10.2. The number of benzene rings is 1. The first-order chi connectivity index (χ1) is 12.8. The van der Waals surface area contributed by atoms with Gasteiger partial charge in [-0.05, 0) is 53.4 Å². The van der Waals surface area contributed by atoms with Gasteiger partial charge in [0.25, 0.3) is 5.91 Å². The molecule has 26 heavy (non-hydrogen) atoms. The Morgan fingerprint density at radius 1 is 1.27 bits per heavy atom. The first-order valence-electron chi connectivity index (χ1n) is 8.83. The molecule has 0 saturated heterocycles. The van der Waals surface area contributed by atoms with Crippen LogP contribution >= 0.6 is 23.1 Å². The molecule has 1 aromatic carbocycles. The van der Waals surface area contributed by atoms with Gasteiger partial charge in [0, 0.05) is 24.0 Å². The van der Waals surface area contributed by atoms with Crippen LogP contribution in [0.4, 0.5) is 0 Å². The van der Waals surface area contributed by atoms with E-state index in [2.05, 4.69) is 22.1 Å². The van der Waals surface area contributed by atoms with Crippen molar-refractivity contribution in [3.05, 3.63) is 70.2 Å². The van der Waals surface area contributed by atoms with Crippen LogP contribution in [0.25, 0.3) is 5.69 Å². The van der Waals surface area contributed by atoms with Crippen LogP contribution in [-0.4, -0.2) is 28.0 Å². The maximum Gasteiger partial charge on any atom is 0.270 e. The molecular formula is C20H21N3OS2. The van der Waals surface area contributed by atoms with Crippen molar-refractivity contribution in [3.63, 3.8) is 0 Å². The second-order valence-corrected chi connectivity index (χ2v) is 8.30. The molecule has 0 aliphatic heterocycles. The smallest absolute Gasteiger partial charge is 0.270 e. The van der Waals surface area contributed by atoms with Crippen LogP contribution in [0.1, 0.15) is 40.5 Å². The summed E-state index contributed by atoms with van der Waals surface area (Å²) in [5, 5.41) is 12.0. The predicted octanol–water partition coefficient (Wildman–Crippen LogP) is 4.47. The van der Waals surface area contributed by atoms with Gasteiger partial charge in [-0.3, -0.25) is 4.79 Å². The third-order valence-electron chi connectivity index (χ3n) is 4.34. The first-order valence-corrected chi connectivity index (χ1v) is 10.9. The minimum absolute atomic E-state index is 0.0515. The number of hydrogen-bond acceptors (Lipinski definition) is 4. The molecule has 6 heteroatoms. The van der Waals surface area contributed by atoms with E-state index in [-0.39, 0.29) is 5.91 Å². The van der Waals surface area contributed by atoms with Crippen molar-refractivity contribution in [2.24, 2.45) is 0 Å². The summed E-state index contributed by atoms with van der Waals surface area (Å²) in [6.45, 7) is 0.659. The zero-order valence-corrected chi connectivity index (χ0v) is 16.1. The average molecular weight is 384 g/mol. The normalized spacial score (nSPS) is 13.7. The summed E-state index contributed by atoms with van der Waals surface area (Å²) in [4.78, 5) is 12.7. The molecule has 0 radical (unpaired) electrons. The number of nitrogens with zero attached hydrogens (tertiary/aromatic N) is 2. The monoisotopic (exact) mass is 383 g/mol. The number of thioether (sulfide) groups is 1. The quantitative estimate of drug-likeness (QED) is 0.584. The van der Waals surface area contributed by atoms with E-state index in [1.165, 1.54) is 18.4 Å². The Kier molecular flexibility index (Phi) is 5.41. The third kappa shape index (κ3) is 4.19. The van der Waals surface area contributed by atoms with E-state index in [9.17, 15) is 4.79 Å². The van der Waals surface area contributed by atoms with Crippen LogP contribution < -0.4 is 5.32 Å². The molecule has 1 N–H and O–H groups in total. The van der Waals surface area contributed by atoms with Gasteiger partial charge < -0.3 is 5.32 Å². The average Bonchev–Trinajstić information content (AvgIpc) is 3.21. The molecule has 0 atom stereocenters. The summed E-state index contributed by atoms with van der Waals surface area (Å²) in [6, 6.07) is 14.0. The van der Waals surface area contributed by atoms with Crippen molar-refractivity contribution in [3.8, 4) is 5.69 Å². The molecule has 0 unspecified atom stereocenters. The second-order valence-electron chi connectivity index (χ2n) is 6.42. The lowest BCUT2D eigenvalue weighted by Gasteiger charge is -2.08. The number of nitrogens with one attached hydrogen (secondary N) is 1. The molecule has 3 aromatic rings. The number of rotatable bonds is 8. The molecule has 1 amide bonds. The minimum Gasteiger partial charge on any atom is -0.350 e. The number of amides is 1. The maximum atomic E-state index is 12.7. The fourth-order valence-electron chi connectivity index (χ4n) is 2.80. The number of carbonyl (C=O) groups excluding carboxylic acids is 1. The lowest BCUT2D eigenvalue weighted by molar-refractivity contribution is 0.0948. The summed E-state index contributed by atoms with van der Waals surface area (Å²) in [7, 11) is 0. The van der Waals surface area contributed by atoms with Gasteiger partial charge in [0.1, 0.15) is 5.69 Å². The predicted molar refractivity (Wildman–Crippen MR) is 108 cm³/mol. The zero-order chi connectivity index (χ0) is 17.8. The Hall–Kier alpha value is -2.05. The van der Waals surface area contributed by atoms with Crippen molar-refractivity contribution in [1.82, 2.24) is 15.1 Å². The van der Waals surface area contributed by atoms with Crippen molar-refractivity contribution < 1.29 is 4.79 Å². The van der Waals surface area contributed by atoms with Gasteiger partial charge in [-0.25, -0.2) is 4.68 Å². The van der Waals surface area contributed by atoms with Gasteiger partial charge in [0.15, 0.2) is 0 Å². The molecule has 0 bridgehead atoms. The van der Waals surface area contributed by atoms with Crippen LogP contribution in [-0.2, 0) is 5.75 Å². The number of hydrogen-bond donors (Lipinski definition) is 1. The largest absolute Gasteiger partial charge is 0.350 e. The molecule has 1 aliphatic carbocycles. The highest BCUT2D eigenvalue weighted by atomic mass is 32.2. The van der Waals surface area contributed by atoms with E-state index >= 15 is 0 Å². The summed E-state index contributed by atoms with van der Waals surface area (Å²) < 4.78 is 1.78. The van der Waals surface area contributed by atoms with E-state index in [4.69, 9.17) is 5.10 Å². The Balaban J connectivity index is 1.38. The van der Waals surface area contributed by atoms with Crippen molar-refractivity contribution >= 4 is 29.0 Å². The van der Waals surface area contributed by atoms with Crippen molar-refractivity contribution in [2.75, 3.05) is 12.3 Å². The molecule has 4 rings (SSSR count). The molecule has 2 aromatic heterocycles. The molecular weight excluding hydrogens is 362 g/mol. The minimum atomic E-state index is -0.0515. The van der Waals surface area contributed by atoms with Crippen LogP contribution in [0, 0.1) is 0 Å². The molecule has 1 aliphatic rings. The van der Waals surface area contributed by atoms with Crippen LogP contribution in [0.3, 0.4) is 0 Å². The van der Waals surface area contributed by atoms with Crippen molar-refractivity contribution in [2.45, 2.75) is 24.5 Å². The Bertz CT molecular complexity index is 855. The Morgan fingerprint density at radius 3 is 2.85 bits per heavy atom. The highest BCUT2D eigenvalue weighted by Gasteiger charge is 2.28. The number of thiophene rings is 1. The number of carbonyl (C=O) groups is 1. The SMILES string of the molecule is O=C(NCCSCc1ccsc1)c1cc(C2CC2)nn1-c1ccccc1. The van der Waals surface area contributed by atoms with Gasteiger partial charge in [-0.15, -0.1) is 0 Å². The van der Waals surface area contributed by atoms with Gasteiger partial charge in [0.2, 0.25) is 0 Å². The van der Waals surface area contributed by atoms with E-state index in [0.717, 1.165) is 22.9 Å². The summed E-state index contributed by atoms with van der Waals surface area (Å²) in [5.74, 6) is 2.36. The molecule has 1 saturated carbocycles. The van der Waals surface area contributed by atoms with Crippen molar-refractivity contribution in [1.29, 1.82) is 0 Å².